The van der Waals surface area contributed by atoms with Crippen molar-refractivity contribution in [1.82, 2.24) is 78.2 Å². The Bertz CT molecular complexity index is 4900. The lowest BCUT2D eigenvalue weighted by atomic mass is 9.53. The minimum Gasteiger partial charge on any atom is -0.478 e. The first-order valence-electron chi connectivity index (χ1n) is 36.8. The Labute approximate surface area is 699 Å². The number of carboxylic acids is 1. The number of aliphatic imine (C=N–C) groups is 1. The molecule has 7 aromatic heterocycles. The van der Waals surface area contributed by atoms with Crippen LogP contribution >= 0.6 is 22.6 Å². The SMILES string of the molecule is CC(=O)N[C@H]1[C@H]([C@H](O)[C@H](O)CO)OC(C(=O)O)=C[C@@H]1N=C(N)N.NC(=O)c1ncn([C@@H]2O[C@H](CO)[C@@H](O)[C@H]2O)n1.NC12CC3CC(CC(C3)C1)C2.Nc1ccn([C@@H]2O[C@H](CO)[C@@H](O)[C@@H]2O)c(=O)n1.Nc1nc2c(ncn2COCCO)c(=O)[nH]1.Nc1ncnc2c1ncn2[C@@H]1O[C@H](CO)[C@@H](O)[C@@H]1O.O.O.O=c1[nH]c(=O)n(C2C[C@H](O)[C@@H](CO)O2)cc1I. The van der Waals surface area contributed by atoms with Crippen molar-refractivity contribution in [3.05, 3.63) is 107 Å². The van der Waals surface area contributed by atoms with E-state index in [-0.39, 0.29) is 84.4 Å². The molecule has 0 spiro atoms. The number of amides is 2. The van der Waals surface area contributed by atoms with Crippen molar-refractivity contribution in [3.8, 4) is 0 Å². The Balaban J connectivity index is 0.000000196. The van der Waals surface area contributed by atoms with Gasteiger partial charge in [-0.2, -0.15) is 9.97 Å². The molecule has 678 valence electrons. The first kappa shape index (κ1) is 99.1. The number of aliphatic hydroxyl groups is 15. The van der Waals surface area contributed by atoms with Crippen LogP contribution in [0.25, 0.3) is 22.3 Å². The van der Waals surface area contributed by atoms with E-state index in [9.17, 15) is 79.5 Å². The van der Waals surface area contributed by atoms with Gasteiger partial charge in [0.2, 0.25) is 23.4 Å². The molecule has 8 fully saturated rings. The number of imidazole rings is 2. The fraction of sp³-hybridized carbons (Fsp3) is 0.606. The van der Waals surface area contributed by atoms with Gasteiger partial charge in [-0.3, -0.25) is 47.4 Å². The largest absolute Gasteiger partial charge is 0.478 e. The molecule has 56 heteroatoms. The number of anilines is 3. The Hall–Kier alpha value is -9.97. The fourth-order valence-corrected chi connectivity index (χ4v) is 15.3. The number of nitrogens with two attached hydrogens (primary N) is 7. The number of aliphatic hydroxyl groups excluding tert-OH is 15. The Morgan fingerprint density at radius 2 is 1.25 bits per heavy atom. The van der Waals surface area contributed by atoms with Crippen LogP contribution in [0, 0.1) is 21.3 Å². The molecule has 37 N–H and O–H groups in total. The fourth-order valence-electron chi connectivity index (χ4n) is 14.8. The molecule has 9 aliphatic rings. The first-order chi connectivity index (χ1) is 56.9. The summed E-state index contributed by atoms with van der Waals surface area (Å²) in [4.78, 5) is 114. The van der Waals surface area contributed by atoms with E-state index in [2.05, 4.69) is 60.3 Å². The van der Waals surface area contributed by atoms with Crippen LogP contribution in [0.2, 0.25) is 0 Å². The summed E-state index contributed by atoms with van der Waals surface area (Å²) in [5.74, 6) is -0.563. The van der Waals surface area contributed by atoms with E-state index in [1.807, 2.05) is 0 Å². The minimum absolute atomic E-state index is 0. The topological polar surface area (TPSA) is 927 Å². The number of aromatic amines is 2. The number of aromatic nitrogens is 15. The average molecular weight is 1850 g/mol. The third-order valence-corrected chi connectivity index (χ3v) is 20.9. The molecule has 4 saturated heterocycles. The number of hydrogen-bond donors (Lipinski definition) is 26. The van der Waals surface area contributed by atoms with Crippen LogP contribution in [0.3, 0.4) is 0 Å². The standard InChI is InChI=1S/C12H20N4O7.C10H13N5O4.C10H17N.C9H11IN2O5.C9H13N3O5.C8H11N5O3.C8H12N4O5.2H2O/c1-4(18)15-8-5(16-12(13)14)2-7(11(21)22)23-10(8)9(20)6(19)3-17;11-8-5-9(13-2-12-8)15(3-14-5)10-7(18)6(17)4(1-16)19-10;11-10-4-7-1-8(5-10)3-9(2-7)6-10;10-4-2-12(9(16)11-8(4)15)7-1-5(14)6(3-13)17-7;10-5-1-2-12(9(16)11-5)8-7(15)6(14)4(3-13)17-8;9-8-11-6-5(7(15)12-8)10-3-13(6)4-16-2-1-14;9-6(16)7-10-2-12(11-7)8-5(15)4(14)3(1-13)17-8;;/h2,5-6,8-10,17,19-20H,3H2,1H3,(H,15,18)(H,21,22)(H4,13,14,16);2-4,6-7,10,16-18H,1H2,(H2,11,12,13);7-9H,1-6,11H2;2,5-7,13-14H,1,3H2,(H,11,15,16);1-2,4,6-8,13-15H,3H2,(H2,10,11,16);3,14H,1-2,4H2,(H3,9,11,12,15);2-5,8,13-15H,1H2,(H2,9,16);2*1H2/t5-,6+,8+,9+,10+;4-,6-,7+,10-;;5-,6+,7?;4-,6-,7+,8-;;3-,4-,5-,8-;;/m01.01.1../s1. The molecule has 2 amide bonds. The Kier molecular flexibility index (Phi) is 35.7. The quantitative estimate of drug-likeness (QED) is 0.0155. The first-order valence-corrected chi connectivity index (χ1v) is 37.9. The van der Waals surface area contributed by atoms with E-state index < -0.39 is 189 Å². The highest BCUT2D eigenvalue weighted by Crippen LogP contribution is 2.54. The van der Waals surface area contributed by atoms with Crippen LogP contribution in [0.1, 0.15) is 87.4 Å². The number of halogens is 1. The van der Waals surface area contributed by atoms with Crippen LogP contribution in [0.4, 0.5) is 17.6 Å². The molecule has 16 rings (SSSR count). The van der Waals surface area contributed by atoms with Gasteiger partial charge in [-0.05, 0) is 91.0 Å². The second-order valence-corrected chi connectivity index (χ2v) is 30.0. The zero-order valence-electron chi connectivity index (χ0n) is 64.6. The molecule has 20 atom stereocenters. The summed E-state index contributed by atoms with van der Waals surface area (Å²) in [5, 5.41) is 156. The lowest BCUT2D eigenvalue weighted by Crippen LogP contribution is -2.59. The molecular formula is C66H101IN24O31. The van der Waals surface area contributed by atoms with E-state index in [4.69, 9.17) is 104 Å². The van der Waals surface area contributed by atoms with E-state index in [1.54, 1.807) is 22.6 Å². The maximum atomic E-state index is 11.6. The van der Waals surface area contributed by atoms with Crippen molar-refractivity contribution in [1.29, 1.82) is 0 Å². The van der Waals surface area contributed by atoms with Crippen molar-refractivity contribution in [2.45, 2.75) is 187 Å². The Morgan fingerprint density at radius 3 is 1.75 bits per heavy atom. The molecule has 4 saturated carbocycles. The predicted octanol–water partition coefficient (Wildman–Crippen LogP) is -13.6. The van der Waals surface area contributed by atoms with Crippen molar-refractivity contribution < 1.29 is 135 Å². The zero-order valence-corrected chi connectivity index (χ0v) is 66.8. The molecule has 5 aliphatic heterocycles. The molecule has 12 heterocycles. The molecule has 55 nitrogen and oxygen atoms in total. The van der Waals surface area contributed by atoms with E-state index in [0.717, 1.165) is 39.4 Å². The van der Waals surface area contributed by atoms with Gasteiger partial charge in [0.05, 0.1) is 80.7 Å². The molecule has 4 bridgehead atoms. The molecule has 1 unspecified atom stereocenters. The van der Waals surface area contributed by atoms with Gasteiger partial charge in [0, 0.05) is 31.3 Å². The number of carbonyl (C=O) groups is 3. The molecule has 0 radical (unpaired) electrons. The third-order valence-electron chi connectivity index (χ3n) is 20.1. The molecule has 4 aliphatic carbocycles. The third kappa shape index (κ3) is 23.9. The molecule has 122 heavy (non-hydrogen) atoms. The summed E-state index contributed by atoms with van der Waals surface area (Å²) in [6.07, 6.45) is -2.21. The maximum Gasteiger partial charge on any atom is 0.370 e. The number of hydrogen-bond acceptors (Lipinski definition) is 41. The second kappa shape index (κ2) is 43.9. The Morgan fingerprint density at radius 1 is 0.689 bits per heavy atom. The van der Waals surface area contributed by atoms with Crippen molar-refractivity contribution in [2.75, 3.05) is 63.4 Å². The average Bonchev–Trinajstić information content (AvgIpc) is 0.995. The highest BCUT2D eigenvalue weighted by molar-refractivity contribution is 14.1. The van der Waals surface area contributed by atoms with Gasteiger partial charge in [0.25, 0.3) is 17.0 Å². The van der Waals surface area contributed by atoms with Gasteiger partial charge in [0.15, 0.2) is 47.3 Å². The number of carbonyl (C=O) groups excluding carboxylic acids is 2. The number of ether oxygens (including phenoxy) is 6. The number of guanidine groups is 1. The lowest BCUT2D eigenvalue weighted by molar-refractivity contribution is -0.145. The maximum absolute atomic E-state index is 11.6. The summed E-state index contributed by atoms with van der Waals surface area (Å²) < 4.78 is 37.9. The summed E-state index contributed by atoms with van der Waals surface area (Å²) in [5.41, 5.74) is 37.8. The van der Waals surface area contributed by atoms with E-state index in [1.165, 1.54) is 96.6 Å². The van der Waals surface area contributed by atoms with Crippen molar-refractivity contribution in [3.63, 3.8) is 0 Å². The summed E-state index contributed by atoms with van der Waals surface area (Å²) in [6, 6.07) is -0.737. The van der Waals surface area contributed by atoms with Crippen LogP contribution in [-0.4, -0.2) is 339 Å². The summed E-state index contributed by atoms with van der Waals surface area (Å²) >= 11 is 1.80. The molecule has 7 aromatic rings. The highest BCUT2D eigenvalue weighted by atomic mass is 127. The number of carboxylic acid groups (broad SMARTS) is 1. The van der Waals surface area contributed by atoms with Gasteiger partial charge >= 0.3 is 17.3 Å². The minimum atomic E-state index is -1.70. The van der Waals surface area contributed by atoms with Crippen LogP contribution in [-0.2, 0) is 44.7 Å². The van der Waals surface area contributed by atoms with E-state index >= 15 is 0 Å². The number of H-pyrrole nitrogens is 2. The number of aliphatic carboxylic acids is 1. The number of rotatable bonds is 19. The normalized spacial score (nSPS) is 29.8. The van der Waals surface area contributed by atoms with Gasteiger partial charge in [0.1, 0.15) is 116 Å². The molecule has 0 aromatic carbocycles. The monoisotopic (exact) mass is 1850 g/mol. The lowest BCUT2D eigenvalue weighted by Gasteiger charge is -2.55. The number of fused-ring (bicyclic) bond motifs is 2. The number of nitrogens with one attached hydrogen (secondary N) is 3. The summed E-state index contributed by atoms with van der Waals surface area (Å²) in [7, 11) is 0. The number of nitrogen functional groups attached to an aromatic ring is 3. The zero-order chi connectivity index (χ0) is 88.0. The van der Waals surface area contributed by atoms with Gasteiger partial charge in [-0.1, -0.05) is 0 Å². The molecular weight excluding hydrogens is 1750 g/mol. The van der Waals surface area contributed by atoms with Crippen LogP contribution in [0.5, 0.6) is 0 Å². The van der Waals surface area contributed by atoms with Gasteiger partial charge < -0.3 is 167 Å². The van der Waals surface area contributed by atoms with Crippen LogP contribution < -0.4 is 68.0 Å². The van der Waals surface area contributed by atoms with Crippen molar-refractivity contribution >= 4 is 86.2 Å². The van der Waals surface area contributed by atoms with Crippen molar-refractivity contribution in [2.24, 2.45) is 45.7 Å². The van der Waals surface area contributed by atoms with Gasteiger partial charge in [-0.15, -0.1) is 5.10 Å². The smallest absolute Gasteiger partial charge is 0.370 e. The predicted molar refractivity (Wildman–Crippen MR) is 421 cm³/mol. The van der Waals surface area contributed by atoms with Crippen LogP contribution in [0.15, 0.2) is 79.8 Å². The second-order valence-electron chi connectivity index (χ2n) is 28.8. The summed E-state index contributed by atoms with van der Waals surface area (Å²) in [6.45, 7) is -0.904. The van der Waals surface area contributed by atoms with Gasteiger partial charge in [-0.25, -0.2) is 49.0 Å². The number of nitrogens with zero attached hydrogens (tertiary/aromatic N) is 14. The number of primary amides is 1. The van der Waals surface area contributed by atoms with E-state index in [0.29, 0.717) is 25.9 Å². The highest BCUT2D eigenvalue weighted by Gasteiger charge is 2.50.